The van der Waals surface area contributed by atoms with Gasteiger partial charge in [0.1, 0.15) is 0 Å². The van der Waals surface area contributed by atoms with Crippen LogP contribution in [0.5, 0.6) is 0 Å². The molecule has 0 fully saturated rings. The Kier molecular flexibility index (Phi) is 3.84. The molecule has 5 heteroatoms. The molecule has 5 nitrogen and oxygen atoms in total. The average Bonchev–Trinajstić information content (AvgIpc) is 2.97. The molecule has 3 heterocycles. The van der Waals surface area contributed by atoms with Crippen molar-refractivity contribution in [2.45, 2.75) is 20.3 Å². The summed E-state index contributed by atoms with van der Waals surface area (Å²) in [4.78, 5) is 11.7. The van der Waals surface area contributed by atoms with E-state index in [-0.39, 0.29) is 0 Å². The minimum Gasteiger partial charge on any atom is -0.373 e. The zero-order valence-electron chi connectivity index (χ0n) is 14.8. The summed E-state index contributed by atoms with van der Waals surface area (Å²) >= 11 is 0. The fraction of sp³-hybridized carbons (Fsp3) is 0.250. The first-order chi connectivity index (χ1) is 12.2. The Hall–Kier alpha value is -2.95. The number of hydrogen-bond acceptors (Lipinski definition) is 4. The Bertz CT molecular complexity index is 1040. The number of para-hydroxylation sites is 1. The molecule has 0 aliphatic rings. The maximum absolute atomic E-state index is 4.91. The number of pyridine rings is 2. The third kappa shape index (κ3) is 2.52. The summed E-state index contributed by atoms with van der Waals surface area (Å²) in [6.07, 6.45) is 2.87. The Morgan fingerprint density at radius 3 is 2.64 bits per heavy atom. The second-order valence-corrected chi connectivity index (χ2v) is 6.28. The van der Waals surface area contributed by atoms with E-state index in [0.717, 1.165) is 46.4 Å². The van der Waals surface area contributed by atoms with Gasteiger partial charge in [-0.05, 0) is 31.5 Å². The van der Waals surface area contributed by atoms with Crippen LogP contribution in [0.15, 0.2) is 48.7 Å². The first-order valence-electron chi connectivity index (χ1n) is 8.61. The zero-order chi connectivity index (χ0) is 17.4. The van der Waals surface area contributed by atoms with Crippen LogP contribution >= 0.6 is 0 Å². The molecule has 0 atom stereocenters. The van der Waals surface area contributed by atoms with Crippen molar-refractivity contribution in [2.24, 2.45) is 0 Å². The molecule has 0 saturated heterocycles. The molecule has 0 saturated carbocycles. The first kappa shape index (κ1) is 15.6. The lowest BCUT2D eigenvalue weighted by molar-refractivity contribution is 0.848. The maximum Gasteiger partial charge on any atom is 0.167 e. The van der Waals surface area contributed by atoms with Gasteiger partial charge in [-0.2, -0.15) is 9.78 Å². The Morgan fingerprint density at radius 2 is 1.88 bits per heavy atom. The van der Waals surface area contributed by atoms with Crippen molar-refractivity contribution in [2.75, 3.05) is 18.5 Å². The van der Waals surface area contributed by atoms with Crippen LogP contribution in [0.3, 0.4) is 0 Å². The average molecular weight is 331 g/mol. The summed E-state index contributed by atoms with van der Waals surface area (Å²) in [6.45, 7) is 5.22. The molecule has 0 bridgehead atoms. The van der Waals surface area contributed by atoms with Gasteiger partial charge >= 0.3 is 0 Å². The Labute approximate surface area is 146 Å². The Balaban J connectivity index is 2.11. The van der Waals surface area contributed by atoms with Crippen molar-refractivity contribution in [1.29, 1.82) is 0 Å². The fourth-order valence-corrected chi connectivity index (χ4v) is 3.40. The SMILES string of the molecule is CCCN(C)c1c2ccccc2nc2c1c(C)nn2-c1ccccn1. The predicted molar refractivity (Wildman–Crippen MR) is 102 cm³/mol. The van der Waals surface area contributed by atoms with Crippen LogP contribution in [-0.4, -0.2) is 33.3 Å². The first-order valence-corrected chi connectivity index (χ1v) is 8.61. The highest BCUT2D eigenvalue weighted by atomic mass is 15.3. The molecule has 25 heavy (non-hydrogen) atoms. The molecule has 3 aromatic heterocycles. The van der Waals surface area contributed by atoms with Crippen LogP contribution in [0, 0.1) is 6.92 Å². The van der Waals surface area contributed by atoms with Crippen LogP contribution < -0.4 is 4.90 Å². The van der Waals surface area contributed by atoms with E-state index in [1.54, 1.807) is 6.20 Å². The number of rotatable bonds is 4. The number of benzene rings is 1. The molecular weight excluding hydrogens is 310 g/mol. The molecule has 0 amide bonds. The van der Waals surface area contributed by atoms with Crippen LogP contribution in [-0.2, 0) is 0 Å². The van der Waals surface area contributed by atoms with E-state index in [1.807, 2.05) is 35.9 Å². The minimum atomic E-state index is 0.785. The van der Waals surface area contributed by atoms with Gasteiger partial charge in [-0.3, -0.25) is 0 Å². The Morgan fingerprint density at radius 1 is 1.08 bits per heavy atom. The summed E-state index contributed by atoms with van der Waals surface area (Å²) in [5, 5.41) is 7.01. The van der Waals surface area contributed by atoms with E-state index >= 15 is 0 Å². The van der Waals surface area contributed by atoms with Crippen LogP contribution in [0.1, 0.15) is 19.0 Å². The molecule has 4 rings (SSSR count). The maximum atomic E-state index is 4.91. The summed E-state index contributed by atoms with van der Waals surface area (Å²) in [5.74, 6) is 0.785. The van der Waals surface area contributed by atoms with Gasteiger partial charge in [0.25, 0.3) is 0 Å². The van der Waals surface area contributed by atoms with Gasteiger partial charge < -0.3 is 4.90 Å². The van der Waals surface area contributed by atoms with E-state index < -0.39 is 0 Å². The van der Waals surface area contributed by atoms with Gasteiger partial charge in [-0.25, -0.2) is 9.97 Å². The molecule has 0 aliphatic heterocycles. The van der Waals surface area contributed by atoms with Gasteiger partial charge in [-0.1, -0.05) is 31.2 Å². The largest absolute Gasteiger partial charge is 0.373 e. The monoisotopic (exact) mass is 331 g/mol. The van der Waals surface area contributed by atoms with Crippen LogP contribution in [0.25, 0.3) is 27.8 Å². The second kappa shape index (κ2) is 6.16. The van der Waals surface area contributed by atoms with Crippen molar-refractivity contribution in [1.82, 2.24) is 19.7 Å². The zero-order valence-corrected chi connectivity index (χ0v) is 14.8. The number of fused-ring (bicyclic) bond motifs is 2. The number of hydrogen-bond donors (Lipinski definition) is 0. The van der Waals surface area contributed by atoms with Gasteiger partial charge in [-0.15, -0.1) is 0 Å². The molecule has 4 aromatic rings. The molecule has 0 unspecified atom stereocenters. The van der Waals surface area contributed by atoms with Crippen LogP contribution in [0.4, 0.5) is 5.69 Å². The van der Waals surface area contributed by atoms with Gasteiger partial charge in [0.15, 0.2) is 11.5 Å². The van der Waals surface area contributed by atoms with E-state index in [1.165, 1.54) is 5.69 Å². The van der Waals surface area contributed by atoms with Gasteiger partial charge in [0, 0.05) is 25.2 Å². The lowest BCUT2D eigenvalue weighted by Crippen LogP contribution is -2.18. The van der Waals surface area contributed by atoms with E-state index in [0.29, 0.717) is 0 Å². The predicted octanol–water partition coefficient (Wildman–Crippen LogP) is 4.12. The lowest BCUT2D eigenvalue weighted by atomic mass is 10.1. The smallest absolute Gasteiger partial charge is 0.167 e. The highest BCUT2D eigenvalue weighted by molar-refractivity contribution is 6.08. The van der Waals surface area contributed by atoms with Crippen molar-refractivity contribution in [3.8, 4) is 5.82 Å². The highest BCUT2D eigenvalue weighted by Crippen LogP contribution is 2.35. The normalized spacial score (nSPS) is 11.3. The number of anilines is 1. The molecule has 0 aliphatic carbocycles. The topological polar surface area (TPSA) is 46.8 Å². The standard InChI is InChI=1S/C20H21N5/c1-4-13-24(3)19-15-9-5-6-10-16(15)22-20-18(19)14(2)23-25(20)17-11-7-8-12-21-17/h5-12H,4,13H2,1-3H3. The molecular formula is C20H21N5. The lowest BCUT2D eigenvalue weighted by Gasteiger charge is -2.21. The number of nitrogens with zero attached hydrogens (tertiary/aromatic N) is 5. The molecule has 126 valence electrons. The van der Waals surface area contributed by atoms with E-state index in [2.05, 4.69) is 42.1 Å². The number of aromatic nitrogens is 4. The van der Waals surface area contributed by atoms with Crippen molar-refractivity contribution in [3.05, 3.63) is 54.4 Å². The third-order valence-electron chi connectivity index (χ3n) is 4.47. The summed E-state index contributed by atoms with van der Waals surface area (Å²) in [5.41, 5.74) is 4.00. The van der Waals surface area contributed by atoms with E-state index in [4.69, 9.17) is 10.1 Å². The summed E-state index contributed by atoms with van der Waals surface area (Å²) < 4.78 is 1.85. The second-order valence-electron chi connectivity index (χ2n) is 6.28. The quantitative estimate of drug-likeness (QED) is 0.564. The molecule has 0 radical (unpaired) electrons. The van der Waals surface area contributed by atoms with E-state index in [9.17, 15) is 0 Å². The summed E-state index contributed by atoms with van der Waals surface area (Å²) in [6, 6.07) is 14.1. The summed E-state index contributed by atoms with van der Waals surface area (Å²) in [7, 11) is 2.14. The number of aryl methyl sites for hydroxylation is 1. The molecule has 0 spiro atoms. The van der Waals surface area contributed by atoms with Crippen molar-refractivity contribution < 1.29 is 0 Å². The van der Waals surface area contributed by atoms with Gasteiger partial charge in [0.2, 0.25) is 0 Å². The molecule has 1 aromatic carbocycles. The van der Waals surface area contributed by atoms with Crippen molar-refractivity contribution in [3.63, 3.8) is 0 Å². The molecule has 0 N–H and O–H groups in total. The third-order valence-corrected chi connectivity index (χ3v) is 4.47. The fourth-order valence-electron chi connectivity index (χ4n) is 3.40. The van der Waals surface area contributed by atoms with Crippen LogP contribution in [0.2, 0.25) is 0 Å². The van der Waals surface area contributed by atoms with Gasteiger partial charge in [0.05, 0.1) is 22.3 Å². The van der Waals surface area contributed by atoms with Crippen molar-refractivity contribution >= 4 is 27.6 Å². The highest BCUT2D eigenvalue weighted by Gasteiger charge is 2.20. The minimum absolute atomic E-state index is 0.785.